The van der Waals surface area contributed by atoms with Gasteiger partial charge in [-0.1, -0.05) is 12.1 Å². The van der Waals surface area contributed by atoms with Gasteiger partial charge in [-0.25, -0.2) is 0 Å². The molecule has 1 aliphatic heterocycles. The molecule has 0 bridgehead atoms. The predicted octanol–water partition coefficient (Wildman–Crippen LogP) is 5.16. The van der Waals surface area contributed by atoms with E-state index in [9.17, 15) is 18.0 Å². The lowest BCUT2D eigenvalue weighted by Gasteiger charge is -2.27. The van der Waals surface area contributed by atoms with Gasteiger partial charge in [0, 0.05) is 24.8 Å². The average Bonchev–Trinajstić information content (AvgIpc) is 2.67. The maximum Gasteiger partial charge on any atom is 0.419 e. The van der Waals surface area contributed by atoms with Crippen LogP contribution < -0.4 is 14.8 Å². The number of benzene rings is 2. The molecule has 3 rings (SSSR count). The monoisotopic (exact) mass is 458 g/mol. The highest BCUT2D eigenvalue weighted by atomic mass is 35.5. The molecule has 1 amide bonds. The van der Waals surface area contributed by atoms with Crippen molar-refractivity contribution in [2.24, 2.45) is 0 Å². The average molecular weight is 459 g/mol. The summed E-state index contributed by atoms with van der Waals surface area (Å²) in [6, 6.07) is 7.53. The van der Waals surface area contributed by atoms with Crippen LogP contribution in [0.2, 0.25) is 0 Å². The number of ether oxygens (including phenoxy) is 2. The summed E-state index contributed by atoms with van der Waals surface area (Å²) in [6.07, 6.45) is -3.92. The van der Waals surface area contributed by atoms with Crippen molar-refractivity contribution in [3.63, 3.8) is 0 Å². The molecule has 9 heteroatoms. The van der Waals surface area contributed by atoms with Gasteiger partial charge < -0.3 is 19.7 Å². The number of nitrogens with one attached hydrogen (secondary N) is 1. The summed E-state index contributed by atoms with van der Waals surface area (Å²) in [7, 11) is 2.02. The van der Waals surface area contributed by atoms with Crippen LogP contribution >= 0.6 is 12.4 Å². The molecular formula is C22H26ClF3N2O3. The lowest BCUT2D eigenvalue weighted by Crippen LogP contribution is -2.27. The van der Waals surface area contributed by atoms with Crippen molar-refractivity contribution in [3.8, 4) is 11.5 Å². The molecule has 0 aromatic heterocycles. The quantitative estimate of drug-likeness (QED) is 0.649. The fourth-order valence-corrected chi connectivity index (χ4v) is 3.57. The Bertz CT molecular complexity index is 935. The smallest absolute Gasteiger partial charge is 0.419 e. The molecular weight excluding hydrogens is 433 g/mol. The molecule has 5 nitrogen and oxygen atoms in total. The number of alkyl halides is 3. The van der Waals surface area contributed by atoms with Crippen LogP contribution in [0.3, 0.4) is 0 Å². The molecule has 0 unspecified atom stereocenters. The molecule has 1 heterocycles. The fourth-order valence-electron chi connectivity index (χ4n) is 3.57. The maximum absolute atomic E-state index is 13.6. The summed E-state index contributed by atoms with van der Waals surface area (Å²) in [5, 5.41) is 2.78. The molecule has 1 N–H and O–H groups in total. The van der Waals surface area contributed by atoms with Crippen molar-refractivity contribution in [3.05, 3.63) is 52.6 Å². The molecule has 0 spiro atoms. The molecule has 0 aliphatic carbocycles. The van der Waals surface area contributed by atoms with E-state index in [2.05, 4.69) is 10.2 Å². The first kappa shape index (κ1) is 24.8. The SMILES string of the molecule is CCOc1cc(OCC)c(C(F)(F)F)cc1C(=O)Nc1cccc2c1CCN(C)C2.Cl. The van der Waals surface area contributed by atoms with E-state index >= 15 is 0 Å². The second-order valence-corrected chi connectivity index (χ2v) is 7.09. The molecule has 2 aromatic rings. The highest BCUT2D eigenvalue weighted by molar-refractivity contribution is 6.07. The predicted molar refractivity (Wildman–Crippen MR) is 115 cm³/mol. The van der Waals surface area contributed by atoms with Gasteiger partial charge >= 0.3 is 6.18 Å². The highest BCUT2D eigenvalue weighted by Gasteiger charge is 2.36. The van der Waals surface area contributed by atoms with Gasteiger partial charge in [0.25, 0.3) is 5.91 Å². The Kier molecular flexibility index (Phi) is 8.20. The van der Waals surface area contributed by atoms with Gasteiger partial charge in [0.2, 0.25) is 0 Å². The van der Waals surface area contributed by atoms with Crippen LogP contribution in [-0.4, -0.2) is 37.6 Å². The Labute approximate surface area is 185 Å². The zero-order valence-corrected chi connectivity index (χ0v) is 18.5. The van der Waals surface area contributed by atoms with Crippen LogP contribution in [0.15, 0.2) is 30.3 Å². The van der Waals surface area contributed by atoms with Crippen molar-refractivity contribution in [1.82, 2.24) is 4.90 Å². The van der Waals surface area contributed by atoms with E-state index < -0.39 is 17.6 Å². The van der Waals surface area contributed by atoms with E-state index in [1.54, 1.807) is 19.9 Å². The Morgan fingerprint density at radius 1 is 1.13 bits per heavy atom. The molecule has 31 heavy (non-hydrogen) atoms. The summed E-state index contributed by atoms with van der Waals surface area (Å²) in [4.78, 5) is 15.2. The second-order valence-electron chi connectivity index (χ2n) is 7.09. The molecule has 2 aromatic carbocycles. The summed E-state index contributed by atoms with van der Waals surface area (Å²) < 4.78 is 51.3. The Balaban J connectivity index is 0.00000341. The lowest BCUT2D eigenvalue weighted by atomic mass is 9.97. The Hall–Kier alpha value is -2.45. The van der Waals surface area contributed by atoms with Crippen LogP contribution in [0, 0.1) is 0 Å². The molecule has 0 fully saturated rings. The number of likely N-dealkylation sites (N-methyl/N-ethyl adjacent to an activating group) is 1. The molecule has 170 valence electrons. The number of halogens is 4. The first-order valence-corrected chi connectivity index (χ1v) is 9.86. The van der Waals surface area contributed by atoms with Gasteiger partial charge in [0.15, 0.2) is 0 Å². The molecule has 0 radical (unpaired) electrons. The minimum Gasteiger partial charge on any atom is -0.493 e. The number of carbonyl (C=O) groups excluding carboxylic acids is 1. The summed E-state index contributed by atoms with van der Waals surface area (Å²) >= 11 is 0. The molecule has 0 saturated carbocycles. The van der Waals surface area contributed by atoms with Crippen molar-refractivity contribution >= 4 is 24.0 Å². The summed E-state index contributed by atoms with van der Waals surface area (Å²) in [5.74, 6) is -0.958. The lowest BCUT2D eigenvalue weighted by molar-refractivity contribution is -0.138. The zero-order valence-electron chi connectivity index (χ0n) is 17.6. The minimum absolute atomic E-state index is 0. The van der Waals surface area contributed by atoms with E-state index in [4.69, 9.17) is 9.47 Å². The van der Waals surface area contributed by atoms with Gasteiger partial charge in [-0.3, -0.25) is 4.79 Å². The maximum atomic E-state index is 13.6. The normalized spacial score (nSPS) is 13.7. The third-order valence-electron chi connectivity index (χ3n) is 4.94. The first-order chi connectivity index (χ1) is 14.2. The van der Waals surface area contributed by atoms with E-state index in [0.717, 1.165) is 42.8 Å². The van der Waals surface area contributed by atoms with Crippen molar-refractivity contribution in [2.75, 3.05) is 32.1 Å². The highest BCUT2D eigenvalue weighted by Crippen LogP contribution is 2.40. The summed E-state index contributed by atoms with van der Waals surface area (Å²) in [6.45, 7) is 5.14. The van der Waals surface area contributed by atoms with Gasteiger partial charge in [-0.15, -0.1) is 12.4 Å². The topological polar surface area (TPSA) is 50.8 Å². The molecule has 0 atom stereocenters. The first-order valence-electron chi connectivity index (χ1n) is 9.86. The third-order valence-corrected chi connectivity index (χ3v) is 4.94. The Morgan fingerprint density at radius 2 is 1.81 bits per heavy atom. The van der Waals surface area contributed by atoms with Crippen molar-refractivity contribution in [1.29, 1.82) is 0 Å². The number of amides is 1. The minimum atomic E-state index is -4.67. The number of fused-ring (bicyclic) bond motifs is 1. The van der Waals surface area contributed by atoms with Crippen LogP contribution in [0.25, 0.3) is 0 Å². The number of rotatable bonds is 6. The number of anilines is 1. The van der Waals surface area contributed by atoms with Gasteiger partial charge in [0.05, 0.1) is 24.3 Å². The van der Waals surface area contributed by atoms with Crippen LogP contribution in [0.4, 0.5) is 18.9 Å². The third kappa shape index (κ3) is 5.62. The van der Waals surface area contributed by atoms with Crippen LogP contribution in [-0.2, 0) is 19.1 Å². The number of carbonyl (C=O) groups is 1. The van der Waals surface area contributed by atoms with Crippen molar-refractivity contribution in [2.45, 2.75) is 33.0 Å². The van der Waals surface area contributed by atoms with E-state index in [1.807, 2.05) is 19.2 Å². The van der Waals surface area contributed by atoms with E-state index in [0.29, 0.717) is 5.69 Å². The largest absolute Gasteiger partial charge is 0.493 e. The molecule has 1 aliphatic rings. The van der Waals surface area contributed by atoms with Crippen molar-refractivity contribution < 1.29 is 27.4 Å². The van der Waals surface area contributed by atoms with Crippen LogP contribution in [0.5, 0.6) is 11.5 Å². The van der Waals surface area contributed by atoms with E-state index in [-0.39, 0.29) is 42.7 Å². The van der Waals surface area contributed by atoms with Crippen LogP contribution in [0.1, 0.15) is 40.9 Å². The van der Waals surface area contributed by atoms with Gasteiger partial charge in [0.1, 0.15) is 11.5 Å². The van der Waals surface area contributed by atoms with Gasteiger partial charge in [-0.2, -0.15) is 13.2 Å². The number of nitrogens with zero attached hydrogens (tertiary/aromatic N) is 1. The number of hydrogen-bond donors (Lipinski definition) is 1. The van der Waals surface area contributed by atoms with E-state index in [1.165, 1.54) is 0 Å². The number of hydrogen-bond acceptors (Lipinski definition) is 4. The summed E-state index contributed by atoms with van der Waals surface area (Å²) in [5.41, 5.74) is 1.52. The second kappa shape index (κ2) is 10.2. The fraction of sp³-hybridized carbons (Fsp3) is 0.409. The Morgan fingerprint density at radius 3 is 2.45 bits per heavy atom. The molecule has 0 saturated heterocycles. The standard InChI is InChI=1S/C22H25F3N2O3.ClH/c1-4-29-19-12-20(30-5-2)17(22(23,24)25)11-16(19)21(28)26-18-8-6-7-14-13-27(3)10-9-15(14)18;/h6-8,11-12H,4-5,9-10,13H2,1-3H3,(H,26,28);1H. The zero-order chi connectivity index (χ0) is 21.9. The van der Waals surface area contributed by atoms with Gasteiger partial charge in [-0.05, 0) is 50.6 Å².